The maximum Gasteiger partial charge on any atom is 0.573 e. The molecule has 0 radical (unpaired) electrons. The van der Waals surface area contributed by atoms with Crippen LogP contribution in [0.2, 0.25) is 0 Å². The zero-order valence-corrected chi connectivity index (χ0v) is 13.4. The number of halogens is 3. The minimum absolute atomic E-state index is 0.0305. The van der Waals surface area contributed by atoms with Gasteiger partial charge in [0.15, 0.2) is 6.10 Å². The van der Waals surface area contributed by atoms with Crippen molar-refractivity contribution in [1.29, 1.82) is 0 Å². The Hall–Kier alpha value is -2.82. The van der Waals surface area contributed by atoms with Crippen molar-refractivity contribution in [2.45, 2.75) is 25.5 Å². The van der Waals surface area contributed by atoms with Gasteiger partial charge in [0, 0.05) is 25.2 Å². The molecule has 8 nitrogen and oxygen atoms in total. The number of rotatable bonds is 5. The Labute approximate surface area is 145 Å². The van der Waals surface area contributed by atoms with E-state index in [0.717, 1.165) is 24.0 Å². The SMILES string of the molecule is CC(=O)O[C@@H](C(=O)O)[C@H]1OCCN(c2cccc(OC(F)(F)F)c2)C1=O. The second-order valence-electron chi connectivity index (χ2n) is 5.19. The van der Waals surface area contributed by atoms with Gasteiger partial charge in [-0.15, -0.1) is 13.2 Å². The summed E-state index contributed by atoms with van der Waals surface area (Å²) in [4.78, 5) is 35.9. The van der Waals surface area contributed by atoms with Crippen LogP contribution in [-0.2, 0) is 23.9 Å². The molecule has 0 bridgehead atoms. The fourth-order valence-electron chi connectivity index (χ4n) is 2.35. The van der Waals surface area contributed by atoms with Gasteiger partial charge >= 0.3 is 18.3 Å². The van der Waals surface area contributed by atoms with Crippen molar-refractivity contribution in [1.82, 2.24) is 0 Å². The van der Waals surface area contributed by atoms with Gasteiger partial charge in [0.05, 0.1) is 6.61 Å². The lowest BCUT2D eigenvalue weighted by Crippen LogP contribution is -2.55. The van der Waals surface area contributed by atoms with Gasteiger partial charge in [-0.3, -0.25) is 9.59 Å². The van der Waals surface area contributed by atoms with Crippen LogP contribution in [-0.4, -0.2) is 54.7 Å². The number of carboxylic acids is 1. The van der Waals surface area contributed by atoms with Gasteiger partial charge in [0.2, 0.25) is 6.10 Å². The molecule has 26 heavy (non-hydrogen) atoms. The number of esters is 1. The van der Waals surface area contributed by atoms with Gasteiger partial charge in [0.1, 0.15) is 5.75 Å². The standard InChI is InChI=1S/C15H14F3NO7/c1-8(20)25-12(14(22)23)11-13(21)19(5-6-24-11)9-3-2-4-10(7-9)26-15(16,17)18/h2-4,7,11-12H,5-6H2,1H3,(H,22,23)/t11-,12-/m1/s1. The average Bonchev–Trinajstić information content (AvgIpc) is 2.51. The highest BCUT2D eigenvalue weighted by molar-refractivity contribution is 6.00. The molecule has 2 rings (SSSR count). The minimum atomic E-state index is -4.90. The third-order valence-corrected chi connectivity index (χ3v) is 3.30. The lowest BCUT2D eigenvalue weighted by Gasteiger charge is -2.34. The van der Waals surface area contributed by atoms with E-state index in [1.165, 1.54) is 12.1 Å². The number of morpholine rings is 1. The van der Waals surface area contributed by atoms with Crippen LogP contribution >= 0.6 is 0 Å². The van der Waals surface area contributed by atoms with Crippen molar-refractivity contribution in [3.63, 3.8) is 0 Å². The summed E-state index contributed by atoms with van der Waals surface area (Å²) in [6.07, 6.45) is -8.41. The number of amides is 1. The number of hydrogen-bond donors (Lipinski definition) is 1. The Morgan fingerprint density at radius 1 is 1.38 bits per heavy atom. The Morgan fingerprint density at radius 3 is 2.65 bits per heavy atom. The summed E-state index contributed by atoms with van der Waals surface area (Å²) in [6, 6.07) is 4.63. The summed E-state index contributed by atoms with van der Waals surface area (Å²) in [5.74, 6) is -3.92. The lowest BCUT2D eigenvalue weighted by molar-refractivity contribution is -0.274. The summed E-state index contributed by atoms with van der Waals surface area (Å²) in [6.45, 7) is 0.835. The van der Waals surface area contributed by atoms with Gasteiger partial charge in [-0.1, -0.05) is 6.07 Å². The number of alkyl halides is 3. The zero-order chi connectivity index (χ0) is 19.5. The van der Waals surface area contributed by atoms with Gasteiger partial charge in [-0.2, -0.15) is 0 Å². The number of nitrogens with zero attached hydrogens (tertiary/aromatic N) is 1. The molecule has 11 heteroatoms. The average molecular weight is 377 g/mol. The van der Waals surface area contributed by atoms with E-state index in [1.807, 2.05) is 0 Å². The highest BCUT2D eigenvalue weighted by Gasteiger charge is 2.42. The predicted molar refractivity (Wildman–Crippen MR) is 78.4 cm³/mol. The molecule has 1 aliphatic rings. The Morgan fingerprint density at radius 2 is 2.08 bits per heavy atom. The molecule has 0 unspecified atom stereocenters. The molecule has 0 saturated carbocycles. The van der Waals surface area contributed by atoms with Crippen LogP contribution in [0.5, 0.6) is 5.75 Å². The van der Waals surface area contributed by atoms with Crippen LogP contribution in [0.25, 0.3) is 0 Å². The van der Waals surface area contributed by atoms with E-state index in [9.17, 15) is 27.6 Å². The number of benzene rings is 1. The van der Waals surface area contributed by atoms with Crippen LogP contribution in [0.4, 0.5) is 18.9 Å². The van der Waals surface area contributed by atoms with Crippen molar-refractivity contribution in [2.24, 2.45) is 0 Å². The van der Waals surface area contributed by atoms with Crippen molar-refractivity contribution in [3.05, 3.63) is 24.3 Å². The number of anilines is 1. The number of carbonyl (C=O) groups is 3. The first-order valence-corrected chi connectivity index (χ1v) is 7.27. The van der Waals surface area contributed by atoms with E-state index in [0.29, 0.717) is 0 Å². The number of carboxylic acid groups (broad SMARTS) is 1. The van der Waals surface area contributed by atoms with E-state index in [1.54, 1.807) is 0 Å². The molecule has 1 heterocycles. The van der Waals surface area contributed by atoms with Gasteiger partial charge < -0.3 is 24.2 Å². The van der Waals surface area contributed by atoms with Crippen LogP contribution < -0.4 is 9.64 Å². The normalized spacial score (nSPS) is 19.0. The molecule has 2 atom stereocenters. The highest BCUT2D eigenvalue weighted by Crippen LogP contribution is 2.28. The molecule has 1 aliphatic heterocycles. The zero-order valence-electron chi connectivity index (χ0n) is 13.4. The second kappa shape index (κ2) is 7.60. The summed E-state index contributed by atoms with van der Waals surface area (Å²) in [5, 5.41) is 9.15. The minimum Gasteiger partial charge on any atom is -0.478 e. The van der Waals surface area contributed by atoms with Crippen LogP contribution in [0.3, 0.4) is 0 Å². The van der Waals surface area contributed by atoms with Gasteiger partial charge in [0.25, 0.3) is 5.91 Å². The number of hydrogen-bond acceptors (Lipinski definition) is 6. The Bertz CT molecular complexity index is 707. The smallest absolute Gasteiger partial charge is 0.478 e. The number of aliphatic carboxylic acids is 1. The topological polar surface area (TPSA) is 102 Å². The van der Waals surface area contributed by atoms with E-state index in [4.69, 9.17) is 9.84 Å². The molecule has 0 aromatic heterocycles. The molecular formula is C15H14F3NO7. The first-order chi connectivity index (χ1) is 12.1. The van der Waals surface area contributed by atoms with Crippen LogP contribution in [0.15, 0.2) is 24.3 Å². The summed E-state index contributed by atoms with van der Waals surface area (Å²) in [7, 11) is 0. The van der Waals surface area contributed by atoms with E-state index in [-0.39, 0.29) is 18.8 Å². The molecule has 1 amide bonds. The molecule has 1 aromatic rings. The summed E-state index contributed by atoms with van der Waals surface area (Å²) in [5.41, 5.74) is 0.0528. The summed E-state index contributed by atoms with van der Waals surface area (Å²) < 4.78 is 50.5. The van der Waals surface area contributed by atoms with Crippen LogP contribution in [0, 0.1) is 0 Å². The lowest BCUT2D eigenvalue weighted by atomic mass is 10.1. The van der Waals surface area contributed by atoms with E-state index in [2.05, 4.69) is 9.47 Å². The third kappa shape index (κ3) is 4.85. The maximum absolute atomic E-state index is 12.5. The molecule has 1 saturated heterocycles. The molecule has 1 N–H and O–H groups in total. The van der Waals surface area contributed by atoms with Gasteiger partial charge in [-0.25, -0.2) is 4.79 Å². The number of carbonyl (C=O) groups excluding carboxylic acids is 2. The largest absolute Gasteiger partial charge is 0.573 e. The van der Waals surface area contributed by atoms with Crippen molar-refractivity contribution in [2.75, 3.05) is 18.1 Å². The second-order valence-corrected chi connectivity index (χ2v) is 5.19. The predicted octanol–water partition coefficient (Wildman–Crippen LogP) is 1.33. The molecule has 0 aliphatic carbocycles. The quantitative estimate of drug-likeness (QED) is 0.773. The fraction of sp³-hybridized carbons (Fsp3) is 0.400. The fourth-order valence-corrected chi connectivity index (χ4v) is 2.35. The monoisotopic (exact) mass is 377 g/mol. The van der Waals surface area contributed by atoms with E-state index < -0.39 is 42.2 Å². The molecule has 0 spiro atoms. The Kier molecular flexibility index (Phi) is 5.70. The summed E-state index contributed by atoms with van der Waals surface area (Å²) >= 11 is 0. The van der Waals surface area contributed by atoms with Crippen LogP contribution in [0.1, 0.15) is 6.92 Å². The first kappa shape index (κ1) is 19.5. The van der Waals surface area contributed by atoms with Crippen molar-refractivity contribution in [3.8, 4) is 5.75 Å². The third-order valence-electron chi connectivity index (χ3n) is 3.30. The Balaban J connectivity index is 2.25. The number of ether oxygens (including phenoxy) is 3. The van der Waals surface area contributed by atoms with Crippen molar-refractivity contribution >= 4 is 23.5 Å². The first-order valence-electron chi connectivity index (χ1n) is 7.27. The maximum atomic E-state index is 12.5. The highest BCUT2D eigenvalue weighted by atomic mass is 19.4. The van der Waals surface area contributed by atoms with Gasteiger partial charge in [-0.05, 0) is 12.1 Å². The van der Waals surface area contributed by atoms with E-state index >= 15 is 0 Å². The molecule has 1 fully saturated rings. The molecule has 1 aromatic carbocycles. The molecular weight excluding hydrogens is 363 g/mol. The molecule has 142 valence electrons. The van der Waals surface area contributed by atoms with Crippen molar-refractivity contribution < 1.29 is 46.9 Å².